The molecule has 2 heterocycles. The number of nitrogens with one attached hydrogen (secondary N) is 1. The molecule has 2 rings (SSSR count). The first-order valence-electron chi connectivity index (χ1n) is 6.23. The third-order valence-corrected chi connectivity index (χ3v) is 3.81. The summed E-state index contributed by atoms with van der Waals surface area (Å²) in [6.45, 7) is 4.24. The van der Waals surface area contributed by atoms with Crippen LogP contribution >= 0.6 is 15.9 Å². The maximum absolute atomic E-state index is 4.49. The molecule has 0 radical (unpaired) electrons. The lowest BCUT2D eigenvalue weighted by molar-refractivity contribution is 0.403. The summed E-state index contributed by atoms with van der Waals surface area (Å²) >= 11 is 3.59. The minimum Gasteiger partial charge on any atom is -0.357 e. The van der Waals surface area contributed by atoms with Crippen molar-refractivity contribution in [2.24, 2.45) is 0 Å². The van der Waals surface area contributed by atoms with E-state index in [4.69, 9.17) is 0 Å². The standard InChI is InChI=1S/C13H20BrN3/c1-10-7-12(14)13(16-8-10)17(2)9-11-5-3-4-6-15-11/h7-8,11,15H,3-6,9H2,1-2H3. The number of anilines is 1. The Balaban J connectivity index is 2.00. The van der Waals surface area contributed by atoms with Gasteiger partial charge >= 0.3 is 0 Å². The molecule has 1 N–H and O–H groups in total. The van der Waals surface area contributed by atoms with E-state index >= 15 is 0 Å². The Morgan fingerprint density at radius 1 is 1.53 bits per heavy atom. The van der Waals surface area contributed by atoms with Gasteiger partial charge in [-0.25, -0.2) is 4.98 Å². The van der Waals surface area contributed by atoms with Crippen LogP contribution in [0.2, 0.25) is 0 Å². The van der Waals surface area contributed by atoms with Crippen LogP contribution in [0.15, 0.2) is 16.7 Å². The van der Waals surface area contributed by atoms with Crippen molar-refractivity contribution in [3.05, 3.63) is 22.3 Å². The monoisotopic (exact) mass is 297 g/mol. The van der Waals surface area contributed by atoms with Crippen LogP contribution in [0.5, 0.6) is 0 Å². The Morgan fingerprint density at radius 3 is 3.00 bits per heavy atom. The van der Waals surface area contributed by atoms with Gasteiger partial charge in [0.05, 0.1) is 4.47 Å². The van der Waals surface area contributed by atoms with Crippen molar-refractivity contribution in [1.82, 2.24) is 10.3 Å². The van der Waals surface area contributed by atoms with E-state index in [-0.39, 0.29) is 0 Å². The lowest BCUT2D eigenvalue weighted by Crippen LogP contribution is -2.42. The van der Waals surface area contributed by atoms with Crippen LogP contribution in [0.25, 0.3) is 0 Å². The lowest BCUT2D eigenvalue weighted by atomic mass is 10.0. The van der Waals surface area contributed by atoms with E-state index in [1.54, 1.807) is 0 Å². The van der Waals surface area contributed by atoms with Gasteiger partial charge in [-0.1, -0.05) is 6.42 Å². The summed E-state index contributed by atoms with van der Waals surface area (Å²) in [6, 6.07) is 2.72. The number of nitrogens with zero attached hydrogens (tertiary/aromatic N) is 2. The molecule has 1 unspecified atom stereocenters. The Bertz CT molecular complexity index is 375. The zero-order valence-corrected chi connectivity index (χ0v) is 12.1. The zero-order valence-electron chi connectivity index (χ0n) is 10.5. The molecule has 0 aliphatic carbocycles. The van der Waals surface area contributed by atoms with Gasteiger partial charge in [-0.2, -0.15) is 0 Å². The Hall–Kier alpha value is -0.610. The predicted octanol–water partition coefficient (Wildman–Crippen LogP) is 2.73. The summed E-state index contributed by atoms with van der Waals surface area (Å²) in [5, 5.41) is 3.57. The summed E-state index contributed by atoms with van der Waals surface area (Å²) in [4.78, 5) is 6.72. The fraction of sp³-hybridized carbons (Fsp3) is 0.615. The van der Waals surface area contributed by atoms with Gasteiger partial charge in [-0.3, -0.25) is 0 Å². The van der Waals surface area contributed by atoms with E-state index in [1.165, 1.54) is 24.8 Å². The van der Waals surface area contributed by atoms with Crippen LogP contribution in [0.1, 0.15) is 24.8 Å². The van der Waals surface area contributed by atoms with Crippen molar-refractivity contribution in [1.29, 1.82) is 0 Å². The smallest absolute Gasteiger partial charge is 0.142 e. The van der Waals surface area contributed by atoms with Crippen LogP contribution in [-0.2, 0) is 0 Å². The number of rotatable bonds is 3. The Labute approximate surface area is 112 Å². The summed E-state index contributed by atoms with van der Waals surface area (Å²) in [6.07, 6.45) is 5.85. The first-order valence-corrected chi connectivity index (χ1v) is 7.03. The first-order chi connectivity index (χ1) is 8.16. The highest BCUT2D eigenvalue weighted by Gasteiger charge is 2.16. The number of pyridine rings is 1. The molecule has 1 aromatic rings. The average Bonchev–Trinajstić information content (AvgIpc) is 2.30. The number of piperidine rings is 1. The van der Waals surface area contributed by atoms with Gasteiger partial charge in [0.1, 0.15) is 5.82 Å². The van der Waals surface area contributed by atoms with Crippen molar-refractivity contribution in [2.75, 3.05) is 25.0 Å². The number of likely N-dealkylation sites (N-methyl/N-ethyl adjacent to an activating group) is 1. The molecule has 1 saturated heterocycles. The molecule has 1 aliphatic heterocycles. The molecule has 0 bridgehead atoms. The van der Waals surface area contributed by atoms with Crippen molar-refractivity contribution in [3.63, 3.8) is 0 Å². The van der Waals surface area contributed by atoms with Gasteiger partial charge < -0.3 is 10.2 Å². The highest BCUT2D eigenvalue weighted by atomic mass is 79.9. The second-order valence-corrected chi connectivity index (χ2v) is 5.70. The van der Waals surface area contributed by atoms with E-state index in [0.717, 1.165) is 23.4 Å². The lowest BCUT2D eigenvalue weighted by Gasteiger charge is -2.29. The first kappa shape index (κ1) is 12.8. The highest BCUT2D eigenvalue weighted by molar-refractivity contribution is 9.10. The molecule has 1 fully saturated rings. The SMILES string of the molecule is Cc1cnc(N(C)CC2CCCCN2)c(Br)c1. The van der Waals surface area contributed by atoms with Crippen molar-refractivity contribution in [2.45, 2.75) is 32.2 Å². The average molecular weight is 298 g/mol. The van der Waals surface area contributed by atoms with Gasteiger partial charge in [0.25, 0.3) is 0 Å². The van der Waals surface area contributed by atoms with Gasteiger partial charge in [0.15, 0.2) is 0 Å². The summed E-state index contributed by atoms with van der Waals surface area (Å²) in [7, 11) is 2.11. The molecule has 0 amide bonds. The number of aryl methyl sites for hydroxylation is 1. The van der Waals surface area contributed by atoms with Gasteiger partial charge in [0.2, 0.25) is 0 Å². The zero-order chi connectivity index (χ0) is 12.3. The van der Waals surface area contributed by atoms with E-state index < -0.39 is 0 Å². The van der Waals surface area contributed by atoms with Gasteiger partial charge in [-0.05, 0) is 53.9 Å². The number of hydrogen-bond donors (Lipinski definition) is 1. The second kappa shape index (κ2) is 5.83. The minimum atomic E-state index is 0.601. The van der Waals surface area contributed by atoms with Gasteiger partial charge in [0, 0.05) is 25.8 Å². The van der Waals surface area contributed by atoms with Crippen LogP contribution in [0.3, 0.4) is 0 Å². The van der Waals surface area contributed by atoms with Crippen LogP contribution in [0, 0.1) is 6.92 Å². The summed E-state index contributed by atoms with van der Waals surface area (Å²) in [5.41, 5.74) is 1.19. The van der Waals surface area contributed by atoms with Crippen molar-refractivity contribution < 1.29 is 0 Å². The minimum absolute atomic E-state index is 0.601. The van der Waals surface area contributed by atoms with Crippen molar-refractivity contribution in [3.8, 4) is 0 Å². The summed E-state index contributed by atoms with van der Waals surface area (Å²) < 4.78 is 1.08. The predicted molar refractivity (Wildman–Crippen MR) is 75.6 cm³/mol. The number of hydrogen-bond acceptors (Lipinski definition) is 3. The molecule has 1 aliphatic rings. The fourth-order valence-corrected chi connectivity index (χ4v) is 3.07. The number of aromatic nitrogens is 1. The largest absolute Gasteiger partial charge is 0.357 e. The van der Waals surface area contributed by atoms with Crippen LogP contribution in [-0.4, -0.2) is 31.2 Å². The topological polar surface area (TPSA) is 28.2 Å². The summed E-state index contributed by atoms with van der Waals surface area (Å²) in [5.74, 6) is 1.03. The molecule has 0 saturated carbocycles. The normalized spacial score (nSPS) is 20.3. The van der Waals surface area contributed by atoms with E-state index in [2.05, 4.69) is 51.2 Å². The van der Waals surface area contributed by atoms with Gasteiger partial charge in [-0.15, -0.1) is 0 Å². The van der Waals surface area contributed by atoms with E-state index in [0.29, 0.717) is 6.04 Å². The molecule has 4 heteroatoms. The van der Waals surface area contributed by atoms with E-state index in [9.17, 15) is 0 Å². The molecular weight excluding hydrogens is 278 g/mol. The fourth-order valence-electron chi connectivity index (χ4n) is 2.30. The molecule has 1 atom stereocenters. The molecule has 1 aromatic heterocycles. The number of halogens is 1. The van der Waals surface area contributed by atoms with E-state index in [1.807, 2.05) is 6.20 Å². The third kappa shape index (κ3) is 3.42. The maximum Gasteiger partial charge on any atom is 0.142 e. The maximum atomic E-state index is 4.49. The van der Waals surface area contributed by atoms with Crippen molar-refractivity contribution >= 4 is 21.7 Å². The molecular formula is C13H20BrN3. The second-order valence-electron chi connectivity index (χ2n) is 4.85. The Morgan fingerprint density at radius 2 is 2.35 bits per heavy atom. The highest BCUT2D eigenvalue weighted by Crippen LogP contribution is 2.24. The third-order valence-electron chi connectivity index (χ3n) is 3.23. The molecule has 17 heavy (non-hydrogen) atoms. The van der Waals surface area contributed by atoms with Crippen LogP contribution in [0.4, 0.5) is 5.82 Å². The molecule has 0 spiro atoms. The molecule has 3 nitrogen and oxygen atoms in total. The molecule has 94 valence electrons. The van der Waals surface area contributed by atoms with Crippen LogP contribution < -0.4 is 10.2 Å². The molecule has 0 aromatic carbocycles. The quantitative estimate of drug-likeness (QED) is 0.930. The Kier molecular flexibility index (Phi) is 4.40.